The van der Waals surface area contributed by atoms with E-state index in [9.17, 15) is 13.2 Å². The summed E-state index contributed by atoms with van der Waals surface area (Å²) in [6, 6.07) is 12.9. The molecule has 6 nitrogen and oxygen atoms in total. The first kappa shape index (κ1) is 23.8. The van der Waals surface area contributed by atoms with Crippen molar-refractivity contribution in [2.45, 2.75) is 62.1 Å². The lowest BCUT2D eigenvalue weighted by Crippen LogP contribution is -2.41. The molecular formula is C28H33N3O3S. The number of nitrogens with one attached hydrogen (secondary N) is 2. The topological polar surface area (TPSA) is 82.3 Å². The zero-order valence-corrected chi connectivity index (χ0v) is 21.2. The number of H-pyrrole nitrogens is 1. The first-order valence-corrected chi connectivity index (χ1v) is 14.1. The first-order valence-electron chi connectivity index (χ1n) is 12.6. The normalized spacial score (nSPS) is 19.7. The molecule has 1 saturated heterocycles. The number of hydrogen-bond acceptors (Lipinski definition) is 4. The summed E-state index contributed by atoms with van der Waals surface area (Å²) >= 11 is 0. The summed E-state index contributed by atoms with van der Waals surface area (Å²) < 4.78 is 26.0. The molecule has 184 valence electrons. The van der Waals surface area contributed by atoms with Gasteiger partial charge in [-0.15, -0.1) is 0 Å². The number of sulfone groups is 1. The molecule has 1 fully saturated rings. The van der Waals surface area contributed by atoms with Crippen molar-refractivity contribution in [2.24, 2.45) is 0 Å². The molecule has 3 heterocycles. The highest BCUT2D eigenvalue weighted by molar-refractivity contribution is 7.92. The van der Waals surface area contributed by atoms with Crippen LogP contribution in [0.3, 0.4) is 0 Å². The molecule has 35 heavy (non-hydrogen) atoms. The van der Waals surface area contributed by atoms with E-state index in [1.807, 2.05) is 25.1 Å². The average Bonchev–Trinajstić information content (AvgIpc) is 3.31. The Kier molecular flexibility index (Phi) is 6.55. The lowest BCUT2D eigenvalue weighted by atomic mass is 9.89. The van der Waals surface area contributed by atoms with Crippen LogP contribution in [0.4, 0.5) is 5.69 Å². The Morgan fingerprint density at radius 2 is 2.03 bits per heavy atom. The Labute approximate surface area is 207 Å². The van der Waals surface area contributed by atoms with Gasteiger partial charge in [-0.05, 0) is 75.1 Å². The van der Waals surface area contributed by atoms with Gasteiger partial charge in [0.1, 0.15) is 0 Å². The van der Waals surface area contributed by atoms with Gasteiger partial charge in [-0.1, -0.05) is 31.6 Å². The van der Waals surface area contributed by atoms with Crippen LogP contribution in [-0.4, -0.2) is 48.6 Å². The SMILES string of the molecule is CCC(C)S(=O)(=O)c1ccccc1C(=O)Nc1ccc2[nH]cc(C3=CCN4CCCCC4C3)c2c1. The molecule has 0 spiro atoms. The minimum atomic E-state index is -3.59. The van der Waals surface area contributed by atoms with Gasteiger partial charge in [-0.3, -0.25) is 9.69 Å². The van der Waals surface area contributed by atoms with Gasteiger partial charge in [0.05, 0.1) is 15.7 Å². The standard InChI is InChI=1S/C28H33N3O3S/c1-3-19(2)35(33,34)27-10-5-4-9-23(27)28(32)30-21-11-12-26-24(17-21)25(18-29-26)20-13-15-31-14-7-6-8-22(31)16-20/h4-5,9-13,17-19,22,29H,3,6-8,14-16H2,1-2H3,(H,30,32). The van der Waals surface area contributed by atoms with Crippen LogP contribution >= 0.6 is 0 Å². The zero-order valence-electron chi connectivity index (χ0n) is 20.4. The van der Waals surface area contributed by atoms with Crippen LogP contribution in [0.2, 0.25) is 0 Å². The van der Waals surface area contributed by atoms with Crippen molar-refractivity contribution in [3.63, 3.8) is 0 Å². The highest BCUT2D eigenvalue weighted by atomic mass is 32.2. The highest BCUT2D eigenvalue weighted by Crippen LogP contribution is 2.35. The minimum Gasteiger partial charge on any atom is -0.361 e. The van der Waals surface area contributed by atoms with E-state index in [1.165, 1.54) is 43.0 Å². The Morgan fingerprint density at radius 1 is 1.20 bits per heavy atom. The van der Waals surface area contributed by atoms with Crippen LogP contribution in [0.5, 0.6) is 0 Å². The van der Waals surface area contributed by atoms with Crippen molar-refractivity contribution in [1.82, 2.24) is 9.88 Å². The monoisotopic (exact) mass is 491 g/mol. The number of amides is 1. The third-order valence-electron chi connectivity index (χ3n) is 7.61. The molecule has 2 aliphatic rings. The molecule has 2 aliphatic heterocycles. The van der Waals surface area contributed by atoms with Gasteiger partial charge in [-0.25, -0.2) is 8.42 Å². The Bertz CT molecular complexity index is 1390. The fourth-order valence-electron chi connectivity index (χ4n) is 5.32. The molecule has 3 aromatic rings. The minimum absolute atomic E-state index is 0.0830. The highest BCUT2D eigenvalue weighted by Gasteiger charge is 2.28. The molecule has 1 aromatic heterocycles. The van der Waals surface area contributed by atoms with E-state index in [-0.39, 0.29) is 10.5 Å². The summed E-state index contributed by atoms with van der Waals surface area (Å²) in [5.74, 6) is -0.418. The molecule has 0 saturated carbocycles. The maximum Gasteiger partial charge on any atom is 0.256 e. The summed E-state index contributed by atoms with van der Waals surface area (Å²) in [7, 11) is -3.59. The lowest BCUT2D eigenvalue weighted by molar-refractivity contribution is 0.102. The number of aromatic nitrogens is 1. The van der Waals surface area contributed by atoms with E-state index in [0.717, 1.165) is 23.9 Å². The van der Waals surface area contributed by atoms with Crippen molar-refractivity contribution >= 4 is 37.9 Å². The van der Waals surface area contributed by atoms with Crippen LogP contribution in [0.1, 0.15) is 61.9 Å². The van der Waals surface area contributed by atoms with E-state index < -0.39 is 21.0 Å². The molecule has 0 bridgehead atoms. The van der Waals surface area contributed by atoms with E-state index in [2.05, 4.69) is 27.5 Å². The van der Waals surface area contributed by atoms with Crippen LogP contribution in [0.25, 0.3) is 16.5 Å². The second-order valence-corrected chi connectivity index (χ2v) is 12.1. The van der Waals surface area contributed by atoms with Crippen LogP contribution in [-0.2, 0) is 9.84 Å². The number of aromatic amines is 1. The number of hydrogen-bond donors (Lipinski definition) is 2. The van der Waals surface area contributed by atoms with Gasteiger partial charge >= 0.3 is 0 Å². The van der Waals surface area contributed by atoms with Crippen LogP contribution < -0.4 is 5.32 Å². The molecule has 2 N–H and O–H groups in total. The van der Waals surface area contributed by atoms with Crippen molar-refractivity contribution in [3.8, 4) is 0 Å². The number of carbonyl (C=O) groups is 1. The number of piperidine rings is 1. The Balaban J connectivity index is 1.43. The fourth-order valence-corrected chi connectivity index (χ4v) is 6.92. The molecule has 0 radical (unpaired) electrons. The van der Waals surface area contributed by atoms with Gasteiger partial charge in [0.2, 0.25) is 0 Å². The largest absolute Gasteiger partial charge is 0.361 e. The zero-order chi connectivity index (χ0) is 24.6. The van der Waals surface area contributed by atoms with Gasteiger partial charge in [0, 0.05) is 40.9 Å². The van der Waals surface area contributed by atoms with E-state index in [1.54, 1.807) is 25.1 Å². The Hall–Kier alpha value is -2.90. The van der Waals surface area contributed by atoms with Gasteiger partial charge < -0.3 is 10.3 Å². The molecule has 2 unspecified atom stereocenters. The van der Waals surface area contributed by atoms with Crippen molar-refractivity contribution in [1.29, 1.82) is 0 Å². The summed E-state index contributed by atoms with van der Waals surface area (Å²) in [4.78, 5) is 19.2. The average molecular weight is 492 g/mol. The Morgan fingerprint density at radius 3 is 2.86 bits per heavy atom. The third-order valence-corrected chi connectivity index (χ3v) is 9.97. The smallest absolute Gasteiger partial charge is 0.256 e. The molecule has 0 aliphatic carbocycles. The predicted octanol–water partition coefficient (Wildman–Crippen LogP) is 5.63. The van der Waals surface area contributed by atoms with Crippen molar-refractivity contribution in [3.05, 3.63) is 65.9 Å². The summed E-state index contributed by atoms with van der Waals surface area (Å²) in [5.41, 5.74) is 4.38. The number of fused-ring (bicyclic) bond motifs is 2. The van der Waals surface area contributed by atoms with Crippen LogP contribution in [0.15, 0.2) is 59.6 Å². The number of rotatable bonds is 6. The lowest BCUT2D eigenvalue weighted by Gasteiger charge is -2.38. The van der Waals surface area contributed by atoms with Gasteiger partial charge in [0.25, 0.3) is 5.91 Å². The number of benzene rings is 2. The predicted molar refractivity (Wildman–Crippen MR) is 141 cm³/mol. The second kappa shape index (κ2) is 9.63. The molecule has 7 heteroatoms. The number of anilines is 1. The molecule has 1 amide bonds. The second-order valence-electron chi connectivity index (χ2n) is 9.75. The first-order chi connectivity index (χ1) is 16.9. The molecule has 2 atom stereocenters. The van der Waals surface area contributed by atoms with E-state index in [0.29, 0.717) is 18.2 Å². The van der Waals surface area contributed by atoms with E-state index >= 15 is 0 Å². The van der Waals surface area contributed by atoms with E-state index in [4.69, 9.17) is 0 Å². The van der Waals surface area contributed by atoms with Crippen molar-refractivity contribution < 1.29 is 13.2 Å². The molecule has 5 rings (SSSR count). The third kappa shape index (κ3) is 4.55. The number of nitrogens with zero attached hydrogens (tertiary/aromatic N) is 1. The fraction of sp³-hybridized carbons (Fsp3) is 0.393. The maximum absolute atomic E-state index is 13.2. The quantitative estimate of drug-likeness (QED) is 0.468. The van der Waals surface area contributed by atoms with Gasteiger partial charge in [0.15, 0.2) is 9.84 Å². The van der Waals surface area contributed by atoms with Crippen molar-refractivity contribution in [2.75, 3.05) is 18.4 Å². The summed E-state index contributed by atoms with van der Waals surface area (Å²) in [5, 5.41) is 3.45. The summed E-state index contributed by atoms with van der Waals surface area (Å²) in [6.07, 6.45) is 9.77. The molecular weight excluding hydrogens is 458 g/mol. The molecule has 2 aromatic carbocycles. The van der Waals surface area contributed by atoms with Crippen LogP contribution in [0, 0.1) is 0 Å². The number of carbonyl (C=O) groups excluding carboxylic acids is 1. The maximum atomic E-state index is 13.2. The summed E-state index contributed by atoms with van der Waals surface area (Å²) in [6.45, 7) is 5.69. The van der Waals surface area contributed by atoms with Gasteiger partial charge in [-0.2, -0.15) is 0 Å².